The molecule has 27 heavy (non-hydrogen) atoms. The lowest BCUT2D eigenvalue weighted by Gasteiger charge is -2.12. The van der Waals surface area contributed by atoms with E-state index in [1.807, 2.05) is 24.3 Å². The van der Waals surface area contributed by atoms with Gasteiger partial charge in [-0.2, -0.15) is 18.3 Å². The van der Waals surface area contributed by atoms with Crippen LogP contribution in [-0.4, -0.2) is 16.3 Å². The number of fused-ring (bicyclic) bond motifs is 1. The fourth-order valence-corrected chi connectivity index (χ4v) is 3.91. The number of hydrogen-bond acceptors (Lipinski definition) is 2. The number of aromatic nitrogens is 2. The third-order valence-corrected chi connectivity index (χ3v) is 5.32. The Labute approximate surface area is 168 Å². The zero-order chi connectivity index (χ0) is 19.0. The van der Waals surface area contributed by atoms with Gasteiger partial charge in [-0.1, -0.05) is 18.2 Å². The highest BCUT2D eigenvalue weighted by atomic mass is 127. The van der Waals surface area contributed by atoms with Gasteiger partial charge in [0.05, 0.1) is 16.9 Å². The van der Waals surface area contributed by atoms with Crippen molar-refractivity contribution in [3.05, 3.63) is 63.2 Å². The molecular weight excluding hydrogens is 466 g/mol. The molecule has 0 bridgehead atoms. The lowest BCUT2D eigenvalue weighted by Crippen LogP contribution is -2.09. The summed E-state index contributed by atoms with van der Waals surface area (Å²) in [6.07, 6.45) is -1.50. The third-order valence-electron chi connectivity index (χ3n) is 4.65. The van der Waals surface area contributed by atoms with Crippen LogP contribution in [0.5, 0.6) is 0 Å². The largest absolute Gasteiger partial charge is 0.416 e. The van der Waals surface area contributed by atoms with Gasteiger partial charge in [0.15, 0.2) is 0 Å². The number of benzene rings is 2. The highest BCUT2D eigenvalue weighted by Gasteiger charge is 2.31. The minimum atomic E-state index is -4.38. The van der Waals surface area contributed by atoms with E-state index < -0.39 is 11.7 Å². The van der Waals surface area contributed by atoms with Crippen LogP contribution in [0.1, 0.15) is 24.0 Å². The minimum absolute atomic E-state index is 0.410. The zero-order valence-corrected chi connectivity index (χ0v) is 16.5. The van der Waals surface area contributed by atoms with Crippen molar-refractivity contribution in [2.75, 3.05) is 11.9 Å². The van der Waals surface area contributed by atoms with Crippen LogP contribution in [0.4, 0.5) is 19.0 Å². The molecule has 1 aliphatic rings. The van der Waals surface area contributed by atoms with Crippen molar-refractivity contribution < 1.29 is 13.2 Å². The Balaban J connectivity index is 1.89. The maximum atomic E-state index is 13.2. The molecule has 0 saturated carbocycles. The van der Waals surface area contributed by atoms with E-state index in [1.54, 1.807) is 10.7 Å². The molecule has 1 N–H and O–H groups in total. The van der Waals surface area contributed by atoms with Crippen LogP contribution in [0, 0.1) is 3.57 Å². The quantitative estimate of drug-likeness (QED) is 0.460. The van der Waals surface area contributed by atoms with Crippen LogP contribution < -0.4 is 5.32 Å². The normalized spacial score (nSPS) is 14.4. The number of nitrogens with one attached hydrogen (secondary N) is 1. The third kappa shape index (κ3) is 3.69. The number of halogens is 4. The van der Waals surface area contributed by atoms with Gasteiger partial charge in [0.25, 0.3) is 0 Å². The monoisotopic (exact) mass is 483 g/mol. The first-order valence-corrected chi connectivity index (χ1v) is 9.81. The average Bonchev–Trinajstić information content (AvgIpc) is 2.82. The molecule has 7 heteroatoms. The van der Waals surface area contributed by atoms with Crippen molar-refractivity contribution >= 4 is 28.4 Å². The molecule has 0 spiro atoms. The maximum absolute atomic E-state index is 13.2. The summed E-state index contributed by atoms with van der Waals surface area (Å²) in [6, 6.07) is 13.3. The molecule has 1 aromatic heterocycles. The number of anilines is 1. The first-order valence-electron chi connectivity index (χ1n) is 8.73. The molecule has 0 radical (unpaired) electrons. The summed E-state index contributed by atoms with van der Waals surface area (Å²) in [5, 5.41) is 8.09. The van der Waals surface area contributed by atoms with Gasteiger partial charge in [0.2, 0.25) is 0 Å². The van der Waals surface area contributed by atoms with Gasteiger partial charge in [-0.05, 0) is 72.2 Å². The molecule has 3 aromatic rings. The van der Waals surface area contributed by atoms with E-state index >= 15 is 0 Å². The molecule has 2 aromatic carbocycles. The Morgan fingerprint density at radius 2 is 1.85 bits per heavy atom. The molecule has 3 nitrogen and oxygen atoms in total. The Bertz CT molecular complexity index is 979. The predicted molar refractivity (Wildman–Crippen MR) is 108 cm³/mol. The van der Waals surface area contributed by atoms with E-state index in [4.69, 9.17) is 5.10 Å². The topological polar surface area (TPSA) is 29.9 Å². The molecule has 2 heterocycles. The molecule has 0 aliphatic carbocycles. The molecule has 4 rings (SSSR count). The number of hydrogen-bond donors (Lipinski definition) is 1. The van der Waals surface area contributed by atoms with Gasteiger partial charge in [0, 0.05) is 21.2 Å². The zero-order valence-electron chi connectivity index (χ0n) is 14.4. The smallest absolute Gasteiger partial charge is 0.370 e. The second-order valence-electron chi connectivity index (χ2n) is 6.53. The van der Waals surface area contributed by atoms with Gasteiger partial charge in [0.1, 0.15) is 5.82 Å². The first-order chi connectivity index (χ1) is 12.9. The lowest BCUT2D eigenvalue weighted by atomic mass is 10.0. The van der Waals surface area contributed by atoms with Gasteiger partial charge in [-0.25, -0.2) is 4.68 Å². The Morgan fingerprint density at radius 3 is 2.63 bits per heavy atom. The second-order valence-corrected chi connectivity index (χ2v) is 7.78. The minimum Gasteiger partial charge on any atom is -0.370 e. The summed E-state index contributed by atoms with van der Waals surface area (Å²) in [4.78, 5) is 0. The Morgan fingerprint density at radius 1 is 1.04 bits per heavy atom. The molecule has 0 atom stereocenters. The van der Waals surface area contributed by atoms with Crippen LogP contribution in [0.15, 0.2) is 48.5 Å². The SMILES string of the molecule is FC(F)(F)c1cccc(-n2nc(-c3cccc(I)c3)c3c2NCCCC3)c1. The molecule has 0 unspecified atom stereocenters. The average molecular weight is 483 g/mol. The van der Waals surface area contributed by atoms with Gasteiger partial charge in [-0.3, -0.25) is 0 Å². The summed E-state index contributed by atoms with van der Waals surface area (Å²) >= 11 is 2.25. The molecule has 0 fully saturated rings. The van der Waals surface area contributed by atoms with Crippen molar-refractivity contribution in [2.45, 2.75) is 25.4 Å². The fourth-order valence-electron chi connectivity index (χ4n) is 3.37. The van der Waals surface area contributed by atoms with Crippen molar-refractivity contribution in [2.24, 2.45) is 0 Å². The van der Waals surface area contributed by atoms with Gasteiger partial charge < -0.3 is 5.32 Å². The lowest BCUT2D eigenvalue weighted by molar-refractivity contribution is -0.137. The van der Waals surface area contributed by atoms with Crippen LogP contribution in [0.3, 0.4) is 0 Å². The first kappa shape index (κ1) is 18.3. The summed E-state index contributed by atoms with van der Waals surface area (Å²) in [6.45, 7) is 0.781. The van der Waals surface area contributed by atoms with Gasteiger partial charge in [-0.15, -0.1) is 0 Å². The van der Waals surface area contributed by atoms with E-state index in [1.165, 1.54) is 6.07 Å². The summed E-state index contributed by atoms with van der Waals surface area (Å²) in [7, 11) is 0. The molecule has 140 valence electrons. The van der Waals surface area contributed by atoms with E-state index in [0.717, 1.165) is 64.1 Å². The fraction of sp³-hybridized carbons (Fsp3) is 0.250. The van der Waals surface area contributed by atoms with Crippen molar-refractivity contribution in [1.29, 1.82) is 0 Å². The van der Waals surface area contributed by atoms with Crippen molar-refractivity contribution in [1.82, 2.24) is 9.78 Å². The van der Waals surface area contributed by atoms with E-state index in [-0.39, 0.29) is 0 Å². The molecule has 0 amide bonds. The number of rotatable bonds is 2. The second kappa shape index (κ2) is 7.18. The Kier molecular flexibility index (Phi) is 4.88. The predicted octanol–water partition coefficient (Wildman–Crippen LogP) is 5.91. The maximum Gasteiger partial charge on any atom is 0.416 e. The summed E-state index contributed by atoms with van der Waals surface area (Å²) < 4.78 is 42.2. The van der Waals surface area contributed by atoms with Crippen molar-refractivity contribution in [3.63, 3.8) is 0 Å². The van der Waals surface area contributed by atoms with Crippen LogP contribution in [-0.2, 0) is 12.6 Å². The van der Waals surface area contributed by atoms with Crippen LogP contribution in [0.25, 0.3) is 16.9 Å². The molecule has 1 aliphatic heterocycles. The van der Waals surface area contributed by atoms with Gasteiger partial charge >= 0.3 is 6.18 Å². The number of nitrogens with zero attached hydrogens (tertiary/aromatic N) is 2. The van der Waals surface area contributed by atoms with Crippen molar-refractivity contribution in [3.8, 4) is 16.9 Å². The highest BCUT2D eigenvalue weighted by Crippen LogP contribution is 2.36. The van der Waals surface area contributed by atoms with Crippen LogP contribution >= 0.6 is 22.6 Å². The summed E-state index contributed by atoms with van der Waals surface area (Å²) in [5.41, 5.74) is 2.61. The number of alkyl halides is 3. The Hall–Kier alpha value is -2.03. The highest BCUT2D eigenvalue weighted by molar-refractivity contribution is 14.1. The van der Waals surface area contributed by atoms with E-state index in [0.29, 0.717) is 5.69 Å². The van der Waals surface area contributed by atoms with Crippen LogP contribution in [0.2, 0.25) is 0 Å². The molecular formula is C20H17F3IN3. The summed E-state index contributed by atoms with van der Waals surface area (Å²) in [5.74, 6) is 0.792. The molecule has 0 saturated heterocycles. The van der Waals surface area contributed by atoms with E-state index in [2.05, 4.69) is 27.9 Å². The van der Waals surface area contributed by atoms with E-state index in [9.17, 15) is 13.2 Å². The standard InChI is InChI=1S/C20H17F3IN3/c21-20(22,23)14-6-4-8-16(12-14)27-19-17(9-1-2-10-25-19)18(26-27)13-5-3-7-15(24)11-13/h3-8,11-12,25H,1-2,9-10H2.